The summed E-state index contributed by atoms with van der Waals surface area (Å²) in [5, 5.41) is 8.85. The van der Waals surface area contributed by atoms with E-state index in [1.165, 1.54) is 11.2 Å². The quantitative estimate of drug-likeness (QED) is 0.607. The molecule has 0 atom stereocenters. The van der Waals surface area contributed by atoms with Gasteiger partial charge in [0.15, 0.2) is 6.19 Å². The van der Waals surface area contributed by atoms with Crippen molar-refractivity contribution in [3.05, 3.63) is 42.5 Å². The average molecular weight is 254 g/mol. The molecule has 2 rings (SSSR count). The first-order chi connectivity index (χ1) is 9.20. The lowest BCUT2D eigenvalue weighted by Crippen LogP contribution is -2.19. The largest absolute Gasteiger partial charge is 0.355 e. The maximum Gasteiger partial charge on any atom is 0.185 e. The van der Waals surface area contributed by atoms with Crippen LogP contribution in [0.15, 0.2) is 36.9 Å². The van der Waals surface area contributed by atoms with Crippen LogP contribution in [0.4, 0.5) is 11.6 Å². The van der Waals surface area contributed by atoms with Crippen LogP contribution in [0.2, 0.25) is 0 Å². The van der Waals surface area contributed by atoms with Gasteiger partial charge in [0, 0.05) is 39.1 Å². The topological polar surface area (TPSA) is 68.9 Å². The lowest BCUT2D eigenvalue weighted by atomic mass is 10.3. The van der Waals surface area contributed by atoms with Crippen molar-refractivity contribution in [2.24, 2.45) is 0 Å². The van der Waals surface area contributed by atoms with Crippen molar-refractivity contribution in [3.63, 3.8) is 0 Å². The van der Waals surface area contributed by atoms with Crippen molar-refractivity contribution in [3.8, 4) is 6.19 Å². The lowest BCUT2D eigenvalue weighted by Gasteiger charge is -2.19. The number of pyridine rings is 1. The van der Waals surface area contributed by atoms with Crippen LogP contribution in [-0.4, -0.2) is 29.0 Å². The number of nitrogens with zero attached hydrogens (tertiary/aromatic N) is 6. The van der Waals surface area contributed by atoms with Crippen LogP contribution in [0.1, 0.15) is 5.56 Å². The molecule has 0 aliphatic rings. The van der Waals surface area contributed by atoms with Crippen molar-refractivity contribution in [1.82, 2.24) is 15.0 Å². The molecule has 0 amide bonds. The Morgan fingerprint density at radius 2 is 2.05 bits per heavy atom. The molecule has 2 heterocycles. The molecule has 0 aliphatic heterocycles. The molecule has 6 heteroatoms. The molecule has 19 heavy (non-hydrogen) atoms. The van der Waals surface area contributed by atoms with Gasteiger partial charge in [0.2, 0.25) is 0 Å². The maximum absolute atomic E-state index is 8.85. The molecule has 2 aromatic heterocycles. The van der Waals surface area contributed by atoms with E-state index < -0.39 is 0 Å². The Morgan fingerprint density at radius 3 is 2.74 bits per heavy atom. The third-order valence-electron chi connectivity index (χ3n) is 2.67. The third kappa shape index (κ3) is 3.16. The van der Waals surface area contributed by atoms with E-state index in [1.807, 2.05) is 36.5 Å². The fourth-order valence-electron chi connectivity index (χ4n) is 1.63. The third-order valence-corrected chi connectivity index (χ3v) is 2.67. The van der Waals surface area contributed by atoms with Gasteiger partial charge in [-0.2, -0.15) is 5.26 Å². The molecule has 0 radical (unpaired) electrons. The van der Waals surface area contributed by atoms with Crippen LogP contribution in [0, 0.1) is 11.5 Å². The summed E-state index contributed by atoms with van der Waals surface area (Å²) in [6.45, 7) is 0.695. The van der Waals surface area contributed by atoms with Crippen molar-refractivity contribution in [2.45, 2.75) is 6.54 Å². The summed E-state index contributed by atoms with van der Waals surface area (Å²) in [6, 6.07) is 5.69. The normalized spacial score (nSPS) is 9.74. The first-order valence-corrected chi connectivity index (χ1v) is 5.76. The van der Waals surface area contributed by atoms with E-state index in [0.29, 0.717) is 12.4 Å². The number of hydrogen-bond acceptors (Lipinski definition) is 6. The Bertz CT molecular complexity index is 577. The van der Waals surface area contributed by atoms with Gasteiger partial charge in [0.1, 0.15) is 18.0 Å². The van der Waals surface area contributed by atoms with Crippen LogP contribution in [0.5, 0.6) is 0 Å². The predicted octanol–water partition coefficient (Wildman–Crippen LogP) is 1.43. The number of anilines is 2. The van der Waals surface area contributed by atoms with Crippen LogP contribution < -0.4 is 9.80 Å². The molecule has 0 spiro atoms. The predicted molar refractivity (Wildman–Crippen MR) is 72.4 cm³/mol. The Labute approximate surface area is 112 Å². The zero-order valence-electron chi connectivity index (χ0n) is 10.9. The molecular weight excluding hydrogens is 240 g/mol. The molecule has 0 N–H and O–H groups in total. The van der Waals surface area contributed by atoms with Gasteiger partial charge >= 0.3 is 0 Å². The van der Waals surface area contributed by atoms with E-state index in [-0.39, 0.29) is 0 Å². The van der Waals surface area contributed by atoms with E-state index in [0.717, 1.165) is 11.4 Å². The smallest absolute Gasteiger partial charge is 0.185 e. The van der Waals surface area contributed by atoms with Crippen molar-refractivity contribution in [1.29, 1.82) is 5.26 Å². The molecule has 0 bridgehead atoms. The molecule has 2 aromatic rings. The molecule has 0 saturated heterocycles. The number of rotatable bonds is 4. The Hall–Kier alpha value is -2.68. The van der Waals surface area contributed by atoms with Crippen LogP contribution >= 0.6 is 0 Å². The second-order valence-corrected chi connectivity index (χ2v) is 4.11. The van der Waals surface area contributed by atoms with E-state index in [2.05, 4.69) is 15.0 Å². The summed E-state index contributed by atoms with van der Waals surface area (Å²) in [6.07, 6.45) is 7.03. The highest BCUT2D eigenvalue weighted by Crippen LogP contribution is 2.16. The Balaban J connectivity index is 2.16. The molecular formula is C13H14N6. The summed E-state index contributed by atoms with van der Waals surface area (Å²) in [7, 11) is 3.60. The van der Waals surface area contributed by atoms with Crippen molar-refractivity contribution in [2.75, 3.05) is 23.9 Å². The average Bonchev–Trinajstić information content (AvgIpc) is 2.47. The van der Waals surface area contributed by atoms with Crippen LogP contribution in [-0.2, 0) is 6.54 Å². The molecule has 0 unspecified atom stereocenters. The first kappa shape index (κ1) is 12.8. The Morgan fingerprint density at radius 1 is 1.26 bits per heavy atom. The van der Waals surface area contributed by atoms with E-state index in [1.54, 1.807) is 19.3 Å². The van der Waals surface area contributed by atoms with E-state index in [9.17, 15) is 0 Å². The monoisotopic (exact) mass is 254 g/mol. The second kappa shape index (κ2) is 5.78. The molecule has 6 nitrogen and oxygen atoms in total. The SMILES string of the molecule is CN(C#N)c1cc(N(C)Cc2cccnc2)ncn1. The summed E-state index contributed by atoms with van der Waals surface area (Å²) >= 11 is 0. The highest BCUT2D eigenvalue weighted by atomic mass is 15.2. The minimum Gasteiger partial charge on any atom is -0.355 e. The molecule has 96 valence electrons. The number of aromatic nitrogens is 3. The summed E-state index contributed by atoms with van der Waals surface area (Å²) in [5.74, 6) is 1.33. The van der Waals surface area contributed by atoms with Crippen molar-refractivity contribution < 1.29 is 0 Å². The van der Waals surface area contributed by atoms with Gasteiger partial charge in [-0.15, -0.1) is 0 Å². The maximum atomic E-state index is 8.85. The summed E-state index contributed by atoms with van der Waals surface area (Å²) in [5.41, 5.74) is 1.10. The molecule has 0 aliphatic carbocycles. The fraction of sp³-hybridized carbons (Fsp3) is 0.231. The zero-order valence-corrected chi connectivity index (χ0v) is 10.9. The van der Waals surface area contributed by atoms with Crippen LogP contribution in [0.3, 0.4) is 0 Å². The molecule has 0 saturated carbocycles. The van der Waals surface area contributed by atoms with Gasteiger partial charge in [0.05, 0.1) is 0 Å². The lowest BCUT2D eigenvalue weighted by molar-refractivity contribution is 0.883. The highest BCUT2D eigenvalue weighted by molar-refractivity contribution is 5.51. The van der Waals surface area contributed by atoms with E-state index in [4.69, 9.17) is 5.26 Å². The Kier molecular flexibility index (Phi) is 3.88. The van der Waals surface area contributed by atoms with Gasteiger partial charge < -0.3 is 4.90 Å². The minimum absolute atomic E-state index is 0.575. The van der Waals surface area contributed by atoms with Gasteiger partial charge in [-0.25, -0.2) is 9.97 Å². The van der Waals surface area contributed by atoms with Gasteiger partial charge in [-0.1, -0.05) is 6.07 Å². The van der Waals surface area contributed by atoms with Gasteiger partial charge in [-0.05, 0) is 11.6 Å². The molecule has 0 fully saturated rings. The highest BCUT2D eigenvalue weighted by Gasteiger charge is 2.07. The number of nitriles is 1. The summed E-state index contributed by atoms with van der Waals surface area (Å²) in [4.78, 5) is 15.7. The van der Waals surface area contributed by atoms with Crippen LogP contribution in [0.25, 0.3) is 0 Å². The zero-order chi connectivity index (χ0) is 13.7. The molecule has 0 aromatic carbocycles. The second-order valence-electron chi connectivity index (χ2n) is 4.11. The van der Waals surface area contributed by atoms with E-state index >= 15 is 0 Å². The first-order valence-electron chi connectivity index (χ1n) is 5.76. The summed E-state index contributed by atoms with van der Waals surface area (Å²) < 4.78 is 0. The van der Waals surface area contributed by atoms with Gasteiger partial charge in [-0.3, -0.25) is 9.88 Å². The van der Waals surface area contributed by atoms with Crippen molar-refractivity contribution >= 4 is 11.6 Å². The standard InChI is InChI=1S/C13H14N6/c1-18(8-11-4-3-5-15-7-11)12-6-13(17-10-16-12)19(2)9-14/h3-7,10H,8H2,1-2H3. The number of hydrogen-bond donors (Lipinski definition) is 0. The van der Waals surface area contributed by atoms with Gasteiger partial charge in [0.25, 0.3) is 0 Å². The minimum atomic E-state index is 0.575. The fourth-order valence-corrected chi connectivity index (χ4v) is 1.63.